The molecule has 0 rings (SSSR count). The van der Waals surface area contributed by atoms with Crippen LogP contribution < -0.4 is 0 Å². The van der Waals surface area contributed by atoms with Crippen LogP contribution in [0, 0.1) is 0 Å². The zero-order valence-electron chi connectivity index (χ0n) is 25.8. The van der Waals surface area contributed by atoms with Gasteiger partial charge in [0.05, 0.1) is 26.2 Å². The summed E-state index contributed by atoms with van der Waals surface area (Å²) in [7, 11) is 0. The molecule has 0 amide bonds. The molecule has 0 fully saturated rings. The second-order valence-corrected chi connectivity index (χ2v) is 11.7. The predicted octanol–water partition coefficient (Wildman–Crippen LogP) is 8.61. The van der Waals surface area contributed by atoms with Gasteiger partial charge >= 0.3 is 17.9 Å². The number of carboxylic acids is 3. The molecule has 0 aromatic rings. The van der Waals surface area contributed by atoms with Gasteiger partial charge in [0.1, 0.15) is 0 Å². The highest BCUT2D eigenvalue weighted by molar-refractivity contribution is 5.67. The molecule has 0 radical (unpaired) electrons. The average Bonchev–Trinajstić information content (AvgIpc) is 2.91. The van der Waals surface area contributed by atoms with Crippen molar-refractivity contribution in [3.8, 4) is 0 Å². The third-order valence-corrected chi connectivity index (χ3v) is 7.94. The van der Waals surface area contributed by atoms with E-state index in [0.29, 0.717) is 19.3 Å². The van der Waals surface area contributed by atoms with E-state index in [4.69, 9.17) is 15.3 Å². The maximum absolute atomic E-state index is 11.0. The van der Waals surface area contributed by atoms with Crippen LogP contribution >= 0.6 is 0 Å². The van der Waals surface area contributed by atoms with E-state index in [0.717, 1.165) is 56.3 Å². The molecule has 0 bridgehead atoms. The van der Waals surface area contributed by atoms with Gasteiger partial charge in [0.2, 0.25) is 0 Å². The number of carboxylic acid groups (broad SMARTS) is 3. The van der Waals surface area contributed by atoms with Gasteiger partial charge in [-0.15, -0.1) is 0 Å². The summed E-state index contributed by atoms with van der Waals surface area (Å²) in [5.74, 6) is -2.30. The van der Waals surface area contributed by atoms with Crippen molar-refractivity contribution in [2.24, 2.45) is 0 Å². The van der Waals surface area contributed by atoms with E-state index in [2.05, 4.69) is 19.1 Å². The van der Waals surface area contributed by atoms with E-state index in [1.807, 2.05) is 0 Å². The minimum Gasteiger partial charge on any atom is -0.481 e. The molecule has 7 nitrogen and oxygen atoms in total. The van der Waals surface area contributed by atoms with Gasteiger partial charge in [-0.1, -0.05) is 76.9 Å². The smallest absolute Gasteiger partial charge is 0.303 e. The van der Waals surface area contributed by atoms with E-state index in [1.54, 1.807) is 0 Å². The van der Waals surface area contributed by atoms with Crippen LogP contribution in [0.2, 0.25) is 0 Å². The molecular formula is C33H62NO6+. The Morgan fingerprint density at radius 1 is 0.450 bits per heavy atom. The van der Waals surface area contributed by atoms with Crippen LogP contribution in [0.25, 0.3) is 0 Å². The van der Waals surface area contributed by atoms with Gasteiger partial charge in [0.15, 0.2) is 0 Å². The first kappa shape index (κ1) is 38.1. The fourth-order valence-corrected chi connectivity index (χ4v) is 5.54. The quantitative estimate of drug-likeness (QED) is 0.0438. The molecule has 0 saturated carbocycles. The second-order valence-electron chi connectivity index (χ2n) is 11.7. The van der Waals surface area contributed by atoms with E-state index in [1.165, 1.54) is 83.5 Å². The van der Waals surface area contributed by atoms with Crippen molar-refractivity contribution in [3.63, 3.8) is 0 Å². The Bertz CT molecular complexity index is 608. The number of hydrogen-bond acceptors (Lipinski definition) is 3. The maximum atomic E-state index is 11.0. The van der Waals surface area contributed by atoms with Gasteiger partial charge in [-0.2, -0.15) is 0 Å². The van der Waals surface area contributed by atoms with Crippen LogP contribution in [-0.2, 0) is 14.4 Å². The number of carbonyl (C=O) groups is 3. The first-order valence-electron chi connectivity index (χ1n) is 16.5. The molecular weight excluding hydrogens is 506 g/mol. The molecule has 0 aliphatic carbocycles. The Morgan fingerprint density at radius 3 is 1.10 bits per heavy atom. The van der Waals surface area contributed by atoms with Crippen molar-refractivity contribution in [1.29, 1.82) is 0 Å². The molecule has 234 valence electrons. The summed E-state index contributed by atoms with van der Waals surface area (Å²) in [5, 5.41) is 27.1. The van der Waals surface area contributed by atoms with Crippen LogP contribution in [-0.4, -0.2) is 63.9 Å². The van der Waals surface area contributed by atoms with Gasteiger partial charge in [-0.25, -0.2) is 0 Å². The molecule has 7 heteroatoms. The number of nitrogens with zero attached hydrogens (tertiary/aromatic N) is 1. The average molecular weight is 569 g/mol. The third kappa shape index (κ3) is 26.3. The van der Waals surface area contributed by atoms with Crippen LogP contribution in [0.4, 0.5) is 0 Å². The molecule has 0 atom stereocenters. The van der Waals surface area contributed by atoms with Crippen LogP contribution in [0.15, 0.2) is 12.2 Å². The van der Waals surface area contributed by atoms with E-state index >= 15 is 0 Å². The molecule has 3 N–H and O–H groups in total. The Labute approximate surface area is 245 Å². The Kier molecular flexibility index (Phi) is 26.0. The second kappa shape index (κ2) is 27.3. The predicted molar refractivity (Wildman–Crippen MR) is 164 cm³/mol. The first-order valence-corrected chi connectivity index (χ1v) is 16.5. The Balaban J connectivity index is 4.42. The molecule has 0 unspecified atom stereocenters. The van der Waals surface area contributed by atoms with Crippen LogP contribution in [0.1, 0.15) is 155 Å². The molecule has 40 heavy (non-hydrogen) atoms. The number of hydrogen-bond donors (Lipinski definition) is 3. The van der Waals surface area contributed by atoms with Crippen LogP contribution in [0.5, 0.6) is 0 Å². The van der Waals surface area contributed by atoms with Crippen molar-refractivity contribution in [3.05, 3.63) is 12.2 Å². The highest BCUT2D eigenvalue weighted by atomic mass is 16.4. The molecule has 0 saturated heterocycles. The lowest BCUT2D eigenvalue weighted by molar-refractivity contribution is -0.929. The number of allylic oxidation sites excluding steroid dienone is 2. The van der Waals surface area contributed by atoms with Crippen molar-refractivity contribution in [2.75, 3.05) is 26.2 Å². The molecule has 0 heterocycles. The van der Waals surface area contributed by atoms with Gasteiger partial charge in [-0.3, -0.25) is 14.4 Å². The number of rotatable bonds is 31. The third-order valence-electron chi connectivity index (χ3n) is 7.94. The summed E-state index contributed by atoms with van der Waals surface area (Å²) in [6, 6.07) is 0. The number of aliphatic carboxylic acids is 3. The minimum atomic E-state index is -0.767. The maximum Gasteiger partial charge on any atom is 0.303 e. The van der Waals surface area contributed by atoms with Crippen molar-refractivity contribution < 1.29 is 34.2 Å². The molecule has 0 aromatic heterocycles. The van der Waals surface area contributed by atoms with Gasteiger partial charge in [0, 0.05) is 19.3 Å². The monoisotopic (exact) mass is 568 g/mol. The summed E-state index contributed by atoms with van der Waals surface area (Å²) in [6.45, 7) is 5.91. The normalized spacial score (nSPS) is 11.8. The van der Waals surface area contributed by atoms with E-state index in [-0.39, 0.29) is 19.3 Å². The zero-order chi connectivity index (χ0) is 29.7. The summed E-state index contributed by atoms with van der Waals surface area (Å²) >= 11 is 0. The van der Waals surface area contributed by atoms with E-state index < -0.39 is 17.9 Å². The Hall–Kier alpha value is -1.89. The van der Waals surface area contributed by atoms with Gasteiger partial charge in [0.25, 0.3) is 0 Å². The fourth-order valence-electron chi connectivity index (χ4n) is 5.54. The number of unbranched alkanes of at least 4 members (excludes halogenated alkanes) is 15. The van der Waals surface area contributed by atoms with Crippen LogP contribution in [0.3, 0.4) is 0 Å². The lowest BCUT2D eigenvalue weighted by Crippen LogP contribution is -2.51. The lowest BCUT2D eigenvalue weighted by Gasteiger charge is -2.39. The first-order chi connectivity index (χ1) is 19.3. The summed E-state index contributed by atoms with van der Waals surface area (Å²) in [4.78, 5) is 33.0. The molecule has 0 aromatic carbocycles. The summed E-state index contributed by atoms with van der Waals surface area (Å²) < 4.78 is 0.868. The topological polar surface area (TPSA) is 112 Å². The van der Waals surface area contributed by atoms with Gasteiger partial charge < -0.3 is 19.8 Å². The van der Waals surface area contributed by atoms with E-state index in [9.17, 15) is 14.4 Å². The zero-order valence-corrected chi connectivity index (χ0v) is 25.8. The minimum absolute atomic E-state index is 0.175. The SMILES string of the molecule is CCC/C=C/CCCCCCCCCCCCC[N+](CCCCC(=O)O)(CCCCC(=O)O)CCCCC(=O)O. The summed E-state index contributed by atoms with van der Waals surface area (Å²) in [5.41, 5.74) is 0. The largest absolute Gasteiger partial charge is 0.481 e. The summed E-state index contributed by atoms with van der Waals surface area (Å²) in [6.07, 6.45) is 27.4. The lowest BCUT2D eigenvalue weighted by atomic mass is 10.0. The fraction of sp³-hybridized carbons (Fsp3) is 0.848. The standard InChI is InChI=1S/C33H61NO6/c1-2-3-4-5-6-7-8-9-10-11-12-13-14-15-16-20-27-34(28-21-17-24-31(35)36,29-22-18-25-32(37)38)30-23-19-26-33(39)40/h4-5H,2-3,6-30H2,1H3,(H2-,35,36,37,38,39,40)/p+1/b5-4+. The molecule has 0 spiro atoms. The highest BCUT2D eigenvalue weighted by Gasteiger charge is 2.26. The van der Waals surface area contributed by atoms with Gasteiger partial charge in [-0.05, 0) is 70.6 Å². The van der Waals surface area contributed by atoms with Crippen molar-refractivity contribution in [2.45, 2.75) is 155 Å². The number of quaternary nitrogens is 1. The molecule has 0 aliphatic rings. The van der Waals surface area contributed by atoms with Crippen molar-refractivity contribution in [1.82, 2.24) is 0 Å². The van der Waals surface area contributed by atoms with Crippen molar-refractivity contribution >= 4 is 17.9 Å². The molecule has 0 aliphatic heterocycles. The Morgan fingerprint density at radius 2 is 0.750 bits per heavy atom. The highest BCUT2D eigenvalue weighted by Crippen LogP contribution is 2.20.